The van der Waals surface area contributed by atoms with E-state index >= 15 is 0 Å². The summed E-state index contributed by atoms with van der Waals surface area (Å²) in [4.78, 5) is 12.3. The van der Waals surface area contributed by atoms with Crippen LogP contribution in [0, 0.1) is 5.41 Å². The van der Waals surface area contributed by atoms with E-state index < -0.39 is 0 Å². The Morgan fingerprint density at radius 2 is 2.11 bits per heavy atom. The van der Waals surface area contributed by atoms with Crippen molar-refractivity contribution in [3.05, 3.63) is 0 Å². The number of methoxy groups -OCH3 is 1. The van der Waals surface area contributed by atoms with Gasteiger partial charge in [-0.3, -0.25) is 4.79 Å². The second kappa shape index (κ2) is 5.55. The Labute approximate surface area is 109 Å². The van der Waals surface area contributed by atoms with Gasteiger partial charge in [0.05, 0.1) is 6.61 Å². The van der Waals surface area contributed by atoms with E-state index in [2.05, 4.69) is 10.6 Å². The van der Waals surface area contributed by atoms with Crippen molar-refractivity contribution in [3.63, 3.8) is 0 Å². The lowest BCUT2D eigenvalue weighted by atomic mass is 9.80. The van der Waals surface area contributed by atoms with Crippen LogP contribution in [0.5, 0.6) is 0 Å². The standard InChI is InChI=1S/C13H24N2O3/c1-12(3-6-14-7-4-12)11(16)15-9-13(17-2)5-8-18-10-13/h14H,3-10H2,1-2H3,(H,15,16). The molecule has 0 aromatic rings. The van der Waals surface area contributed by atoms with Crippen LogP contribution in [0.15, 0.2) is 0 Å². The molecule has 0 aliphatic carbocycles. The smallest absolute Gasteiger partial charge is 0.226 e. The summed E-state index contributed by atoms with van der Waals surface area (Å²) >= 11 is 0. The maximum absolute atomic E-state index is 12.3. The predicted molar refractivity (Wildman–Crippen MR) is 68.4 cm³/mol. The van der Waals surface area contributed by atoms with Crippen molar-refractivity contribution in [2.24, 2.45) is 5.41 Å². The molecule has 2 fully saturated rings. The lowest BCUT2D eigenvalue weighted by Crippen LogP contribution is -2.51. The minimum atomic E-state index is -0.320. The van der Waals surface area contributed by atoms with Crippen LogP contribution in [-0.2, 0) is 14.3 Å². The summed E-state index contributed by atoms with van der Waals surface area (Å²) in [7, 11) is 1.69. The zero-order chi connectivity index (χ0) is 13.1. The highest BCUT2D eigenvalue weighted by Gasteiger charge is 2.39. The zero-order valence-corrected chi connectivity index (χ0v) is 11.4. The van der Waals surface area contributed by atoms with E-state index in [1.54, 1.807) is 7.11 Å². The van der Waals surface area contributed by atoms with Crippen LogP contribution in [0.2, 0.25) is 0 Å². The van der Waals surface area contributed by atoms with E-state index in [-0.39, 0.29) is 16.9 Å². The summed E-state index contributed by atoms with van der Waals surface area (Å²) in [6.45, 7) is 5.72. The van der Waals surface area contributed by atoms with Crippen molar-refractivity contribution in [2.75, 3.05) is 40.0 Å². The summed E-state index contributed by atoms with van der Waals surface area (Å²) in [5.41, 5.74) is -0.557. The highest BCUT2D eigenvalue weighted by atomic mass is 16.5. The first-order valence-electron chi connectivity index (χ1n) is 6.72. The predicted octanol–water partition coefficient (Wildman–Crippen LogP) is 0.298. The molecule has 0 aromatic heterocycles. The molecule has 0 radical (unpaired) electrons. The minimum Gasteiger partial charge on any atom is -0.378 e. The van der Waals surface area contributed by atoms with Gasteiger partial charge in [0.25, 0.3) is 0 Å². The molecule has 18 heavy (non-hydrogen) atoms. The summed E-state index contributed by atoms with van der Waals surface area (Å²) in [5.74, 6) is 0.146. The van der Waals surface area contributed by atoms with Gasteiger partial charge in [-0.25, -0.2) is 0 Å². The largest absolute Gasteiger partial charge is 0.378 e. The van der Waals surface area contributed by atoms with Crippen molar-refractivity contribution in [1.82, 2.24) is 10.6 Å². The van der Waals surface area contributed by atoms with Crippen LogP contribution in [0.4, 0.5) is 0 Å². The number of hydrogen-bond donors (Lipinski definition) is 2. The van der Waals surface area contributed by atoms with E-state index in [0.29, 0.717) is 19.8 Å². The first-order valence-corrected chi connectivity index (χ1v) is 6.72. The minimum absolute atomic E-state index is 0.146. The molecule has 0 bridgehead atoms. The molecule has 2 aliphatic rings. The summed E-state index contributed by atoms with van der Waals surface area (Å²) in [6.07, 6.45) is 2.65. The van der Waals surface area contributed by atoms with Crippen LogP contribution in [-0.4, -0.2) is 51.5 Å². The number of piperidine rings is 1. The number of rotatable bonds is 4. The van der Waals surface area contributed by atoms with Crippen LogP contribution in [0.25, 0.3) is 0 Å². The molecular formula is C13H24N2O3. The Balaban J connectivity index is 1.87. The van der Waals surface area contributed by atoms with E-state index in [1.165, 1.54) is 0 Å². The van der Waals surface area contributed by atoms with Gasteiger partial charge in [0.2, 0.25) is 5.91 Å². The molecule has 0 spiro atoms. The topological polar surface area (TPSA) is 59.6 Å². The number of hydrogen-bond acceptors (Lipinski definition) is 4. The Morgan fingerprint density at radius 3 is 2.67 bits per heavy atom. The van der Waals surface area contributed by atoms with Gasteiger partial charge < -0.3 is 20.1 Å². The van der Waals surface area contributed by atoms with Gasteiger partial charge >= 0.3 is 0 Å². The van der Waals surface area contributed by atoms with Crippen molar-refractivity contribution < 1.29 is 14.3 Å². The molecule has 104 valence electrons. The van der Waals surface area contributed by atoms with Crippen molar-refractivity contribution in [1.29, 1.82) is 0 Å². The van der Waals surface area contributed by atoms with E-state index in [0.717, 1.165) is 32.4 Å². The van der Waals surface area contributed by atoms with E-state index in [9.17, 15) is 4.79 Å². The maximum atomic E-state index is 12.3. The van der Waals surface area contributed by atoms with Gasteiger partial charge in [-0.1, -0.05) is 6.92 Å². The molecule has 0 aromatic carbocycles. The number of carbonyl (C=O) groups is 1. The quantitative estimate of drug-likeness (QED) is 0.759. The number of nitrogens with one attached hydrogen (secondary N) is 2. The summed E-state index contributed by atoms with van der Waals surface area (Å²) in [5, 5.41) is 6.34. The van der Waals surface area contributed by atoms with Gasteiger partial charge in [-0.2, -0.15) is 0 Å². The third kappa shape index (κ3) is 2.84. The number of ether oxygens (including phenoxy) is 2. The molecular weight excluding hydrogens is 232 g/mol. The highest BCUT2D eigenvalue weighted by molar-refractivity contribution is 5.82. The lowest BCUT2D eigenvalue weighted by Gasteiger charge is -2.34. The van der Waals surface area contributed by atoms with Gasteiger partial charge in [-0.15, -0.1) is 0 Å². The normalized spacial score (nSPS) is 31.2. The van der Waals surface area contributed by atoms with Gasteiger partial charge in [0, 0.05) is 32.1 Å². The Bertz CT molecular complexity index is 295. The molecule has 2 heterocycles. The highest BCUT2D eigenvalue weighted by Crippen LogP contribution is 2.28. The van der Waals surface area contributed by atoms with Gasteiger partial charge in [0.15, 0.2) is 0 Å². The molecule has 2 rings (SSSR count). The van der Waals surface area contributed by atoms with Crippen molar-refractivity contribution in [3.8, 4) is 0 Å². The molecule has 1 unspecified atom stereocenters. The second-order valence-corrected chi connectivity index (χ2v) is 5.68. The van der Waals surface area contributed by atoms with E-state index in [4.69, 9.17) is 9.47 Å². The maximum Gasteiger partial charge on any atom is 0.226 e. The zero-order valence-electron chi connectivity index (χ0n) is 11.4. The second-order valence-electron chi connectivity index (χ2n) is 5.68. The van der Waals surface area contributed by atoms with Crippen molar-refractivity contribution >= 4 is 5.91 Å². The number of carbonyl (C=O) groups excluding carboxylic acids is 1. The van der Waals surface area contributed by atoms with Crippen molar-refractivity contribution in [2.45, 2.75) is 31.8 Å². The van der Waals surface area contributed by atoms with E-state index in [1.807, 2.05) is 6.92 Å². The molecule has 0 saturated carbocycles. The molecule has 5 heteroatoms. The molecule has 5 nitrogen and oxygen atoms in total. The summed E-state index contributed by atoms with van der Waals surface area (Å²) < 4.78 is 10.9. The monoisotopic (exact) mass is 256 g/mol. The molecule has 2 N–H and O–H groups in total. The fourth-order valence-corrected chi connectivity index (χ4v) is 2.62. The third-order valence-electron chi connectivity index (χ3n) is 4.33. The SMILES string of the molecule is COC1(CNC(=O)C2(C)CCNCC2)CCOC1. The average Bonchev–Trinajstić information content (AvgIpc) is 2.86. The lowest BCUT2D eigenvalue weighted by molar-refractivity contribution is -0.133. The van der Waals surface area contributed by atoms with Crippen LogP contribution < -0.4 is 10.6 Å². The molecule has 2 saturated heterocycles. The first-order chi connectivity index (χ1) is 8.60. The first kappa shape index (κ1) is 13.8. The van der Waals surface area contributed by atoms with Gasteiger partial charge in [0.1, 0.15) is 5.60 Å². The Hall–Kier alpha value is -0.650. The third-order valence-corrected chi connectivity index (χ3v) is 4.33. The van der Waals surface area contributed by atoms with Crippen LogP contribution in [0.3, 0.4) is 0 Å². The molecule has 2 aliphatic heterocycles. The Morgan fingerprint density at radius 1 is 1.39 bits per heavy atom. The summed E-state index contributed by atoms with van der Waals surface area (Å²) in [6, 6.07) is 0. The van der Waals surface area contributed by atoms with Crippen LogP contribution >= 0.6 is 0 Å². The Kier molecular flexibility index (Phi) is 4.25. The molecule has 1 amide bonds. The van der Waals surface area contributed by atoms with Gasteiger partial charge in [-0.05, 0) is 25.9 Å². The fraction of sp³-hybridized carbons (Fsp3) is 0.923. The average molecular weight is 256 g/mol. The molecule has 1 atom stereocenters. The number of amides is 1. The fourth-order valence-electron chi connectivity index (χ4n) is 2.62. The van der Waals surface area contributed by atoms with Crippen LogP contribution in [0.1, 0.15) is 26.2 Å².